The van der Waals surface area contributed by atoms with Gasteiger partial charge in [-0.25, -0.2) is 0 Å². The van der Waals surface area contributed by atoms with Crippen molar-refractivity contribution in [1.29, 1.82) is 0 Å². The molecule has 3 nitrogen and oxygen atoms in total. The third kappa shape index (κ3) is 2.39. The number of carbonyl (C=O) groups is 1. The summed E-state index contributed by atoms with van der Waals surface area (Å²) in [7, 11) is 0. The molecular formula is C16H22N2O. The lowest BCUT2D eigenvalue weighted by atomic mass is 9.76. The van der Waals surface area contributed by atoms with Crippen LogP contribution in [0.4, 0.5) is 0 Å². The summed E-state index contributed by atoms with van der Waals surface area (Å²) in [5.41, 5.74) is 3.35. The van der Waals surface area contributed by atoms with Crippen LogP contribution in [0.25, 0.3) is 0 Å². The zero-order chi connectivity index (χ0) is 13.2. The molecule has 3 heteroatoms. The zero-order valence-electron chi connectivity index (χ0n) is 11.5. The van der Waals surface area contributed by atoms with Crippen LogP contribution in [0.2, 0.25) is 0 Å². The minimum Gasteiger partial charge on any atom is -0.352 e. The largest absolute Gasteiger partial charge is 0.352 e. The topological polar surface area (TPSA) is 41.1 Å². The third-order valence-corrected chi connectivity index (χ3v) is 4.46. The molecule has 1 saturated carbocycles. The molecule has 1 heterocycles. The molecule has 3 rings (SSSR count). The Morgan fingerprint density at radius 1 is 1.42 bits per heavy atom. The molecule has 1 aromatic rings. The van der Waals surface area contributed by atoms with E-state index in [9.17, 15) is 4.79 Å². The van der Waals surface area contributed by atoms with Gasteiger partial charge in [0.05, 0.1) is 0 Å². The summed E-state index contributed by atoms with van der Waals surface area (Å²) < 4.78 is 0. The Morgan fingerprint density at radius 2 is 2.26 bits per heavy atom. The smallest absolute Gasteiger partial charge is 0.251 e. The maximum Gasteiger partial charge on any atom is 0.251 e. The molecule has 0 saturated heterocycles. The Kier molecular flexibility index (Phi) is 3.56. The number of carbonyl (C=O) groups excluding carboxylic acids is 1. The molecule has 2 aliphatic rings. The van der Waals surface area contributed by atoms with E-state index in [1.54, 1.807) is 0 Å². The fourth-order valence-electron chi connectivity index (χ4n) is 3.17. The summed E-state index contributed by atoms with van der Waals surface area (Å²) in [6.45, 7) is 3.89. The van der Waals surface area contributed by atoms with Crippen LogP contribution in [0, 0.1) is 5.92 Å². The van der Waals surface area contributed by atoms with Gasteiger partial charge in [0, 0.05) is 18.2 Å². The molecule has 1 atom stereocenters. The van der Waals surface area contributed by atoms with Gasteiger partial charge in [-0.3, -0.25) is 4.79 Å². The van der Waals surface area contributed by atoms with Crippen molar-refractivity contribution in [3.63, 3.8) is 0 Å². The van der Waals surface area contributed by atoms with Crippen molar-refractivity contribution >= 4 is 5.91 Å². The Hall–Kier alpha value is -1.35. The van der Waals surface area contributed by atoms with Crippen LogP contribution in [0.5, 0.6) is 0 Å². The van der Waals surface area contributed by atoms with E-state index in [4.69, 9.17) is 0 Å². The molecule has 1 aliphatic heterocycles. The van der Waals surface area contributed by atoms with Gasteiger partial charge in [0.1, 0.15) is 0 Å². The minimum absolute atomic E-state index is 0.0898. The van der Waals surface area contributed by atoms with Crippen molar-refractivity contribution in [2.75, 3.05) is 13.1 Å². The molecule has 1 fully saturated rings. The highest BCUT2D eigenvalue weighted by atomic mass is 16.1. The predicted octanol–water partition coefficient (Wildman–Crippen LogP) is 2.42. The van der Waals surface area contributed by atoms with Crippen molar-refractivity contribution in [1.82, 2.24) is 10.6 Å². The predicted molar refractivity (Wildman–Crippen MR) is 76.2 cm³/mol. The fraction of sp³-hybridized carbons (Fsp3) is 0.562. The van der Waals surface area contributed by atoms with Crippen molar-refractivity contribution in [2.24, 2.45) is 5.92 Å². The molecule has 102 valence electrons. The van der Waals surface area contributed by atoms with Gasteiger partial charge >= 0.3 is 0 Å². The van der Waals surface area contributed by atoms with Crippen LogP contribution >= 0.6 is 0 Å². The number of hydrogen-bond donors (Lipinski definition) is 2. The van der Waals surface area contributed by atoms with Gasteiger partial charge in [-0.1, -0.05) is 25.5 Å². The lowest BCUT2D eigenvalue weighted by molar-refractivity contribution is 0.0945. The summed E-state index contributed by atoms with van der Waals surface area (Å²) in [6.07, 6.45) is 4.91. The lowest BCUT2D eigenvalue weighted by Gasteiger charge is -2.35. The Bertz CT molecular complexity index is 480. The number of hydrogen-bond acceptors (Lipinski definition) is 2. The average molecular weight is 258 g/mol. The number of rotatable bonds is 4. The lowest BCUT2D eigenvalue weighted by Crippen LogP contribution is -2.34. The Balaban J connectivity index is 1.90. The first kappa shape index (κ1) is 12.7. The number of amides is 1. The first-order valence-corrected chi connectivity index (χ1v) is 7.44. The number of fused-ring (bicyclic) bond motifs is 1. The molecule has 0 radical (unpaired) electrons. The molecule has 1 unspecified atom stereocenters. The van der Waals surface area contributed by atoms with Crippen LogP contribution in [0.15, 0.2) is 18.2 Å². The average Bonchev–Trinajstić information content (AvgIpc) is 2.36. The van der Waals surface area contributed by atoms with Crippen molar-refractivity contribution < 1.29 is 4.79 Å². The van der Waals surface area contributed by atoms with E-state index in [0.29, 0.717) is 6.04 Å². The molecule has 1 aliphatic carbocycles. The highest BCUT2D eigenvalue weighted by Gasteiger charge is 2.29. The van der Waals surface area contributed by atoms with Crippen molar-refractivity contribution in [3.05, 3.63) is 34.9 Å². The molecule has 1 aromatic carbocycles. The number of nitrogens with one attached hydrogen (secondary N) is 2. The first-order valence-electron chi connectivity index (χ1n) is 7.44. The number of benzene rings is 1. The molecule has 2 N–H and O–H groups in total. The summed E-state index contributed by atoms with van der Waals surface area (Å²) in [4.78, 5) is 11.9. The normalized spacial score (nSPS) is 20.4. The Labute approximate surface area is 114 Å². The van der Waals surface area contributed by atoms with Gasteiger partial charge in [0.15, 0.2) is 0 Å². The van der Waals surface area contributed by atoms with Gasteiger partial charge in [0.2, 0.25) is 0 Å². The molecule has 0 aromatic heterocycles. The second-order valence-corrected chi connectivity index (χ2v) is 5.65. The Morgan fingerprint density at radius 3 is 2.95 bits per heavy atom. The quantitative estimate of drug-likeness (QED) is 0.871. The maximum absolute atomic E-state index is 11.9. The minimum atomic E-state index is 0.0898. The SMILES string of the molecule is CCNC(c1ccc2c(c1)C(=O)NCC2)C1CCC1. The highest BCUT2D eigenvalue weighted by Crippen LogP contribution is 2.38. The van der Waals surface area contributed by atoms with Gasteiger partial charge in [-0.2, -0.15) is 0 Å². The molecule has 0 spiro atoms. The van der Waals surface area contributed by atoms with Gasteiger partial charge in [0.25, 0.3) is 5.91 Å². The van der Waals surface area contributed by atoms with E-state index in [2.05, 4.69) is 35.8 Å². The van der Waals surface area contributed by atoms with Crippen LogP contribution in [-0.2, 0) is 6.42 Å². The summed E-state index contributed by atoms with van der Waals surface area (Å²) >= 11 is 0. The molecule has 1 amide bonds. The molecular weight excluding hydrogens is 236 g/mol. The second kappa shape index (κ2) is 5.33. The van der Waals surface area contributed by atoms with Crippen molar-refractivity contribution in [3.8, 4) is 0 Å². The van der Waals surface area contributed by atoms with Gasteiger partial charge < -0.3 is 10.6 Å². The van der Waals surface area contributed by atoms with E-state index in [0.717, 1.165) is 31.0 Å². The van der Waals surface area contributed by atoms with Crippen LogP contribution in [0.1, 0.15) is 53.7 Å². The summed E-state index contributed by atoms with van der Waals surface area (Å²) in [6, 6.07) is 6.88. The highest BCUT2D eigenvalue weighted by molar-refractivity contribution is 5.96. The summed E-state index contributed by atoms with van der Waals surface area (Å²) in [5.74, 6) is 0.830. The van der Waals surface area contributed by atoms with Crippen LogP contribution < -0.4 is 10.6 Å². The molecule has 19 heavy (non-hydrogen) atoms. The van der Waals surface area contributed by atoms with Crippen LogP contribution in [0.3, 0.4) is 0 Å². The zero-order valence-corrected chi connectivity index (χ0v) is 11.5. The van der Waals surface area contributed by atoms with Gasteiger partial charge in [-0.05, 0) is 48.9 Å². The van der Waals surface area contributed by atoms with Crippen molar-refractivity contribution in [2.45, 2.75) is 38.6 Å². The van der Waals surface area contributed by atoms with E-state index < -0.39 is 0 Å². The van der Waals surface area contributed by atoms with E-state index in [1.807, 2.05) is 0 Å². The first-order chi connectivity index (χ1) is 9.29. The van der Waals surface area contributed by atoms with E-state index in [1.165, 1.54) is 30.4 Å². The standard InChI is InChI=1S/C16H22N2O/c1-2-17-15(12-4-3-5-12)13-7-6-11-8-9-18-16(19)14(11)10-13/h6-7,10,12,15,17H,2-5,8-9H2,1H3,(H,18,19). The van der Waals surface area contributed by atoms with Crippen LogP contribution in [-0.4, -0.2) is 19.0 Å². The monoisotopic (exact) mass is 258 g/mol. The van der Waals surface area contributed by atoms with Gasteiger partial charge in [-0.15, -0.1) is 0 Å². The maximum atomic E-state index is 11.9. The fourth-order valence-corrected chi connectivity index (χ4v) is 3.17. The summed E-state index contributed by atoms with van der Waals surface area (Å²) in [5, 5.41) is 6.52. The van der Waals surface area contributed by atoms with E-state index >= 15 is 0 Å². The third-order valence-electron chi connectivity index (χ3n) is 4.46. The van der Waals surface area contributed by atoms with E-state index in [-0.39, 0.29) is 5.91 Å². The molecule has 0 bridgehead atoms. The second-order valence-electron chi connectivity index (χ2n) is 5.65.